The lowest BCUT2D eigenvalue weighted by atomic mass is 9.77. The van der Waals surface area contributed by atoms with Gasteiger partial charge < -0.3 is 11.5 Å². The standard InChI is InChI=1S/C13H19N5/c1-18-11-4-7-16-12(10(11)8-17-18)13(15)5-2-9(14)3-6-13/h4,7-9H,2-3,5-6,14-15H2,1H3. The van der Waals surface area contributed by atoms with Crippen LogP contribution in [0.2, 0.25) is 0 Å². The molecule has 18 heavy (non-hydrogen) atoms. The monoisotopic (exact) mass is 245 g/mol. The van der Waals surface area contributed by atoms with E-state index in [9.17, 15) is 0 Å². The molecule has 0 aromatic carbocycles. The lowest BCUT2D eigenvalue weighted by molar-refractivity contribution is 0.273. The summed E-state index contributed by atoms with van der Waals surface area (Å²) in [5, 5.41) is 5.36. The molecule has 0 aliphatic heterocycles. The number of rotatable bonds is 1. The van der Waals surface area contributed by atoms with Crippen LogP contribution in [0.1, 0.15) is 31.4 Å². The second kappa shape index (κ2) is 4.03. The first-order chi connectivity index (χ1) is 8.60. The molecular formula is C13H19N5. The summed E-state index contributed by atoms with van der Waals surface area (Å²) in [6.45, 7) is 0. The molecule has 0 amide bonds. The molecular weight excluding hydrogens is 226 g/mol. The van der Waals surface area contributed by atoms with Gasteiger partial charge in [0.15, 0.2) is 0 Å². The molecule has 96 valence electrons. The first-order valence-electron chi connectivity index (χ1n) is 6.42. The molecule has 2 heterocycles. The van der Waals surface area contributed by atoms with Crippen LogP contribution >= 0.6 is 0 Å². The van der Waals surface area contributed by atoms with Crippen LogP contribution in [0.3, 0.4) is 0 Å². The fourth-order valence-electron chi connectivity index (χ4n) is 2.87. The van der Waals surface area contributed by atoms with Gasteiger partial charge in [0.2, 0.25) is 0 Å². The Hall–Kier alpha value is -1.46. The van der Waals surface area contributed by atoms with E-state index in [0.29, 0.717) is 0 Å². The Morgan fingerprint density at radius 2 is 2.11 bits per heavy atom. The summed E-state index contributed by atoms with van der Waals surface area (Å²) in [5.41, 5.74) is 14.2. The van der Waals surface area contributed by atoms with Crippen molar-refractivity contribution in [2.45, 2.75) is 37.3 Å². The van der Waals surface area contributed by atoms with Gasteiger partial charge in [0, 0.05) is 24.7 Å². The summed E-state index contributed by atoms with van der Waals surface area (Å²) in [5.74, 6) is 0. The minimum absolute atomic E-state index is 0.287. The van der Waals surface area contributed by atoms with E-state index in [1.807, 2.05) is 30.2 Å². The highest BCUT2D eigenvalue weighted by Crippen LogP contribution is 2.36. The maximum Gasteiger partial charge on any atom is 0.0713 e. The SMILES string of the molecule is Cn1ncc2c(C3(N)CCC(N)CC3)nccc21. The number of pyridine rings is 1. The van der Waals surface area contributed by atoms with Gasteiger partial charge in [0.25, 0.3) is 0 Å². The second-order valence-corrected chi connectivity index (χ2v) is 5.35. The second-order valence-electron chi connectivity index (χ2n) is 5.35. The minimum atomic E-state index is -0.349. The highest BCUT2D eigenvalue weighted by atomic mass is 15.2. The van der Waals surface area contributed by atoms with Gasteiger partial charge in [-0.1, -0.05) is 0 Å². The molecule has 0 bridgehead atoms. The van der Waals surface area contributed by atoms with Crippen molar-refractivity contribution in [2.75, 3.05) is 0 Å². The van der Waals surface area contributed by atoms with E-state index in [2.05, 4.69) is 10.1 Å². The number of hydrogen-bond acceptors (Lipinski definition) is 4. The summed E-state index contributed by atoms with van der Waals surface area (Å²) in [7, 11) is 1.94. The average Bonchev–Trinajstić information content (AvgIpc) is 2.75. The Bertz CT molecular complexity index is 566. The molecule has 0 saturated heterocycles. The molecule has 1 saturated carbocycles. The highest BCUT2D eigenvalue weighted by molar-refractivity contribution is 5.81. The normalized spacial score (nSPS) is 28.7. The number of nitrogens with two attached hydrogens (primary N) is 2. The number of aromatic nitrogens is 3. The molecule has 2 aromatic rings. The van der Waals surface area contributed by atoms with Crippen molar-refractivity contribution in [2.24, 2.45) is 18.5 Å². The zero-order chi connectivity index (χ0) is 12.8. The van der Waals surface area contributed by atoms with Gasteiger partial charge in [-0.2, -0.15) is 5.10 Å². The molecule has 3 rings (SSSR count). The zero-order valence-electron chi connectivity index (χ0n) is 10.6. The minimum Gasteiger partial charge on any atom is -0.328 e. The van der Waals surface area contributed by atoms with E-state index in [1.165, 1.54) is 0 Å². The summed E-state index contributed by atoms with van der Waals surface area (Å²) in [4.78, 5) is 4.52. The average molecular weight is 245 g/mol. The summed E-state index contributed by atoms with van der Waals surface area (Å²) in [6, 6.07) is 2.26. The van der Waals surface area contributed by atoms with E-state index >= 15 is 0 Å². The van der Waals surface area contributed by atoms with Gasteiger partial charge in [0.05, 0.1) is 22.9 Å². The quantitative estimate of drug-likeness (QED) is 0.786. The van der Waals surface area contributed by atoms with Crippen LogP contribution in [0.4, 0.5) is 0 Å². The molecule has 1 aliphatic carbocycles. The van der Waals surface area contributed by atoms with Gasteiger partial charge in [-0.3, -0.25) is 9.67 Å². The summed E-state index contributed by atoms with van der Waals surface area (Å²) < 4.78 is 1.86. The van der Waals surface area contributed by atoms with Crippen LogP contribution in [0, 0.1) is 0 Å². The van der Waals surface area contributed by atoms with Crippen molar-refractivity contribution in [3.05, 3.63) is 24.2 Å². The third kappa shape index (κ3) is 1.71. The predicted molar refractivity (Wildman–Crippen MR) is 70.8 cm³/mol. The van der Waals surface area contributed by atoms with Crippen LogP contribution < -0.4 is 11.5 Å². The molecule has 5 heteroatoms. The Morgan fingerprint density at radius 3 is 2.83 bits per heavy atom. The fourth-order valence-corrected chi connectivity index (χ4v) is 2.87. The van der Waals surface area contributed by atoms with Crippen molar-refractivity contribution in [3.8, 4) is 0 Å². The van der Waals surface area contributed by atoms with Crippen molar-refractivity contribution < 1.29 is 0 Å². The lowest BCUT2D eigenvalue weighted by Gasteiger charge is -2.35. The summed E-state index contributed by atoms with van der Waals surface area (Å²) >= 11 is 0. The third-order valence-corrected chi connectivity index (χ3v) is 4.07. The van der Waals surface area contributed by atoms with E-state index in [-0.39, 0.29) is 11.6 Å². The summed E-state index contributed by atoms with van der Waals surface area (Å²) in [6.07, 6.45) is 7.41. The first kappa shape index (κ1) is 11.6. The van der Waals surface area contributed by atoms with Gasteiger partial charge in [-0.15, -0.1) is 0 Å². The fraction of sp³-hybridized carbons (Fsp3) is 0.538. The molecule has 0 unspecified atom stereocenters. The van der Waals surface area contributed by atoms with E-state index < -0.39 is 0 Å². The number of fused-ring (bicyclic) bond motifs is 1. The maximum absolute atomic E-state index is 6.56. The zero-order valence-corrected chi connectivity index (χ0v) is 10.6. The molecule has 0 spiro atoms. The maximum atomic E-state index is 6.56. The number of aryl methyl sites for hydroxylation is 1. The van der Waals surface area contributed by atoms with Gasteiger partial charge in [-0.25, -0.2) is 0 Å². The van der Waals surface area contributed by atoms with E-state index in [4.69, 9.17) is 11.5 Å². The van der Waals surface area contributed by atoms with Crippen LogP contribution in [-0.4, -0.2) is 20.8 Å². The smallest absolute Gasteiger partial charge is 0.0713 e. The third-order valence-electron chi connectivity index (χ3n) is 4.07. The van der Waals surface area contributed by atoms with E-state index in [1.54, 1.807) is 0 Å². The van der Waals surface area contributed by atoms with Gasteiger partial charge in [-0.05, 0) is 31.7 Å². The Labute approximate surface area is 106 Å². The van der Waals surface area contributed by atoms with Gasteiger partial charge in [0.1, 0.15) is 0 Å². The molecule has 1 fully saturated rings. The Balaban J connectivity index is 2.08. The van der Waals surface area contributed by atoms with Crippen LogP contribution in [0.15, 0.2) is 18.5 Å². The molecule has 0 radical (unpaired) electrons. The topological polar surface area (TPSA) is 82.8 Å². The molecule has 1 aliphatic rings. The molecule has 0 atom stereocenters. The largest absolute Gasteiger partial charge is 0.328 e. The highest BCUT2D eigenvalue weighted by Gasteiger charge is 2.35. The van der Waals surface area contributed by atoms with Crippen LogP contribution in [0.25, 0.3) is 10.9 Å². The van der Waals surface area contributed by atoms with E-state index in [0.717, 1.165) is 42.3 Å². The molecule has 4 N–H and O–H groups in total. The first-order valence-corrected chi connectivity index (χ1v) is 6.42. The molecule has 5 nitrogen and oxygen atoms in total. The van der Waals surface area contributed by atoms with Crippen molar-refractivity contribution >= 4 is 10.9 Å². The van der Waals surface area contributed by atoms with Crippen molar-refractivity contribution in [1.29, 1.82) is 0 Å². The van der Waals surface area contributed by atoms with Crippen LogP contribution in [-0.2, 0) is 12.6 Å². The van der Waals surface area contributed by atoms with Gasteiger partial charge >= 0.3 is 0 Å². The molecule has 2 aromatic heterocycles. The Kier molecular flexibility index (Phi) is 2.60. The lowest BCUT2D eigenvalue weighted by Crippen LogP contribution is -2.44. The van der Waals surface area contributed by atoms with Crippen molar-refractivity contribution in [1.82, 2.24) is 14.8 Å². The number of hydrogen-bond donors (Lipinski definition) is 2. The van der Waals surface area contributed by atoms with Crippen LogP contribution in [0.5, 0.6) is 0 Å². The number of nitrogens with zero attached hydrogens (tertiary/aromatic N) is 3. The Morgan fingerprint density at radius 1 is 1.39 bits per heavy atom. The van der Waals surface area contributed by atoms with Crippen molar-refractivity contribution in [3.63, 3.8) is 0 Å². The predicted octanol–water partition coefficient (Wildman–Crippen LogP) is 1.02.